The Morgan fingerprint density at radius 2 is 2.00 bits per heavy atom. The Bertz CT molecular complexity index is 1200. The van der Waals surface area contributed by atoms with Crippen LogP contribution in [0.3, 0.4) is 0 Å². The molecule has 0 saturated heterocycles. The topological polar surface area (TPSA) is 153 Å². The van der Waals surface area contributed by atoms with Crippen molar-refractivity contribution in [3.05, 3.63) is 55.6 Å². The van der Waals surface area contributed by atoms with E-state index in [9.17, 15) is 9.36 Å². The van der Waals surface area contributed by atoms with E-state index < -0.39 is 25.6 Å². The fourth-order valence-corrected chi connectivity index (χ4v) is 4.92. The number of carbonyl (C=O) groups excluding carboxylic acids is 1. The monoisotopic (exact) mass is 518 g/mol. The zero-order valence-electron chi connectivity index (χ0n) is 20.4. The Labute approximate surface area is 209 Å². The molecule has 3 aromatic rings. The van der Waals surface area contributed by atoms with Crippen molar-refractivity contribution in [2.24, 2.45) is 0 Å². The number of methoxy groups -OCH3 is 1. The number of carbonyl (C=O) groups is 1. The maximum absolute atomic E-state index is 13.9. The summed E-state index contributed by atoms with van der Waals surface area (Å²) in [6, 6.07) is 7.54. The van der Waals surface area contributed by atoms with Gasteiger partial charge in [-0.3, -0.25) is 9.36 Å². The molecule has 3 N–H and O–H groups in total. The van der Waals surface area contributed by atoms with Crippen LogP contribution in [0.2, 0.25) is 0 Å². The number of fused-ring (bicyclic) bond motifs is 1. The highest BCUT2D eigenvalue weighted by Gasteiger charge is 2.34. The number of imidazole rings is 1. The number of anilines is 1. The molecule has 36 heavy (non-hydrogen) atoms. The second-order valence-electron chi connectivity index (χ2n) is 8.10. The van der Waals surface area contributed by atoms with Crippen LogP contribution in [0.4, 0.5) is 5.82 Å². The van der Waals surface area contributed by atoms with Crippen LogP contribution in [0.5, 0.6) is 5.75 Å². The fourth-order valence-electron chi connectivity index (χ4n) is 3.23. The first-order chi connectivity index (χ1) is 17.2. The van der Waals surface area contributed by atoms with Gasteiger partial charge in [-0.05, 0) is 26.0 Å². The maximum atomic E-state index is 13.9. The van der Waals surface area contributed by atoms with Crippen LogP contribution in [0.15, 0.2) is 55.6 Å². The molecule has 0 aliphatic heterocycles. The van der Waals surface area contributed by atoms with Crippen LogP contribution in [0.25, 0.3) is 11.2 Å². The molecule has 2 heterocycles. The van der Waals surface area contributed by atoms with Gasteiger partial charge in [-0.15, -0.1) is 6.58 Å². The SMILES string of the molecule is C=C[C@H](Cn1cnc2c(N)ncnc21)OC[P@@](=O)(N[C@@H](COC)C(=O)OC(C)C)Oc1ccccc1. The molecular weight excluding hydrogens is 487 g/mol. The summed E-state index contributed by atoms with van der Waals surface area (Å²) in [5.74, 6) is -0.0170. The van der Waals surface area contributed by atoms with Crippen molar-refractivity contribution in [1.82, 2.24) is 24.6 Å². The van der Waals surface area contributed by atoms with E-state index in [4.69, 9.17) is 24.5 Å². The van der Waals surface area contributed by atoms with Gasteiger partial charge in [0, 0.05) is 7.11 Å². The number of hydrogen-bond acceptors (Lipinski definition) is 10. The first-order valence-electron chi connectivity index (χ1n) is 11.2. The average Bonchev–Trinajstić information content (AvgIpc) is 3.25. The second-order valence-corrected chi connectivity index (χ2v) is 10.1. The minimum absolute atomic E-state index is 0.0826. The predicted molar refractivity (Wildman–Crippen MR) is 134 cm³/mol. The van der Waals surface area contributed by atoms with Crippen LogP contribution in [-0.4, -0.2) is 63.8 Å². The van der Waals surface area contributed by atoms with E-state index in [1.165, 1.54) is 13.4 Å². The molecule has 0 radical (unpaired) electrons. The number of hydrogen-bond donors (Lipinski definition) is 2. The van der Waals surface area contributed by atoms with Crippen LogP contribution in [-0.2, 0) is 30.1 Å². The number of para-hydroxylation sites is 1. The van der Waals surface area contributed by atoms with E-state index >= 15 is 0 Å². The van der Waals surface area contributed by atoms with Crippen LogP contribution in [0.1, 0.15) is 13.8 Å². The molecule has 0 unspecified atom stereocenters. The quantitative estimate of drug-likeness (QED) is 0.184. The number of aromatic nitrogens is 4. The summed E-state index contributed by atoms with van der Waals surface area (Å²) in [6.45, 7) is 7.43. The third-order valence-electron chi connectivity index (χ3n) is 4.85. The van der Waals surface area contributed by atoms with Crippen molar-refractivity contribution < 1.29 is 28.1 Å². The number of esters is 1. The second kappa shape index (κ2) is 12.6. The molecule has 0 saturated carbocycles. The minimum Gasteiger partial charge on any atom is -0.462 e. The minimum atomic E-state index is -3.81. The van der Waals surface area contributed by atoms with Gasteiger partial charge in [-0.25, -0.2) is 20.0 Å². The molecule has 0 spiro atoms. The Kier molecular flexibility index (Phi) is 9.54. The number of rotatable bonds is 14. The lowest BCUT2D eigenvalue weighted by atomic mass is 10.3. The third-order valence-corrected chi connectivity index (χ3v) is 6.55. The summed E-state index contributed by atoms with van der Waals surface area (Å²) in [4.78, 5) is 25.0. The number of nitrogens with one attached hydrogen (secondary N) is 1. The van der Waals surface area contributed by atoms with Crippen molar-refractivity contribution in [2.75, 3.05) is 25.8 Å². The summed E-state index contributed by atoms with van der Waals surface area (Å²) in [6.07, 6.45) is 3.12. The van der Waals surface area contributed by atoms with Gasteiger partial charge in [-0.2, -0.15) is 0 Å². The Morgan fingerprint density at radius 3 is 2.67 bits per heavy atom. The van der Waals surface area contributed by atoms with E-state index in [1.54, 1.807) is 61.1 Å². The third kappa shape index (κ3) is 7.34. The lowest BCUT2D eigenvalue weighted by Gasteiger charge is -2.26. The normalized spacial score (nSPS) is 14.8. The summed E-state index contributed by atoms with van der Waals surface area (Å²) >= 11 is 0. The maximum Gasteiger partial charge on any atom is 0.342 e. The smallest absolute Gasteiger partial charge is 0.342 e. The first kappa shape index (κ1) is 27.3. The molecule has 194 valence electrons. The lowest BCUT2D eigenvalue weighted by Crippen LogP contribution is -2.42. The van der Waals surface area contributed by atoms with Gasteiger partial charge in [0.15, 0.2) is 11.5 Å². The molecule has 0 aliphatic carbocycles. The van der Waals surface area contributed by atoms with E-state index in [1.807, 2.05) is 0 Å². The number of nitrogen functional groups attached to an aromatic ring is 1. The van der Waals surface area contributed by atoms with Crippen molar-refractivity contribution in [2.45, 2.75) is 38.6 Å². The molecule has 3 rings (SSSR count). The summed E-state index contributed by atoms with van der Waals surface area (Å²) < 4.78 is 37.8. The van der Waals surface area contributed by atoms with E-state index in [0.717, 1.165) is 0 Å². The standard InChI is InChI=1S/C23H31N6O6P/c1-5-17(11-29-14-27-20-21(24)25-13-26-22(20)29)33-15-36(31,35-18-9-7-6-8-10-18)28-19(12-32-4)23(30)34-16(2)3/h5-10,13-14,16-17,19H,1,11-12,15H2,2-4H3,(H,28,31)(H2,24,25,26)/t17-,19+,36+/m1/s1. The molecule has 13 heteroatoms. The Morgan fingerprint density at radius 1 is 1.25 bits per heavy atom. The molecule has 2 aromatic heterocycles. The van der Waals surface area contributed by atoms with E-state index in [0.29, 0.717) is 16.9 Å². The largest absolute Gasteiger partial charge is 0.462 e. The lowest BCUT2D eigenvalue weighted by molar-refractivity contribution is -0.150. The van der Waals surface area contributed by atoms with Gasteiger partial charge in [-0.1, -0.05) is 24.3 Å². The number of benzene rings is 1. The first-order valence-corrected chi connectivity index (χ1v) is 13.0. The van der Waals surface area contributed by atoms with Gasteiger partial charge >= 0.3 is 13.5 Å². The highest BCUT2D eigenvalue weighted by molar-refractivity contribution is 7.57. The Hall–Kier alpha value is -3.31. The molecule has 0 aliphatic rings. The van der Waals surface area contributed by atoms with Gasteiger partial charge in [0.2, 0.25) is 0 Å². The summed E-state index contributed by atoms with van der Waals surface area (Å²) in [5.41, 5.74) is 6.85. The fraction of sp³-hybridized carbons (Fsp3) is 0.391. The highest BCUT2D eigenvalue weighted by atomic mass is 31.2. The molecule has 1 aromatic carbocycles. The van der Waals surface area contributed by atoms with Gasteiger partial charge in [0.25, 0.3) is 0 Å². The molecule has 0 bridgehead atoms. The molecular formula is C23H31N6O6P. The molecule has 3 atom stereocenters. The van der Waals surface area contributed by atoms with Gasteiger partial charge in [0.05, 0.1) is 31.7 Å². The molecule has 0 fully saturated rings. The molecule has 12 nitrogen and oxygen atoms in total. The Balaban J connectivity index is 1.79. The van der Waals surface area contributed by atoms with Crippen molar-refractivity contribution in [3.8, 4) is 5.75 Å². The van der Waals surface area contributed by atoms with Crippen molar-refractivity contribution in [3.63, 3.8) is 0 Å². The van der Waals surface area contributed by atoms with Crippen molar-refractivity contribution >= 4 is 30.5 Å². The summed E-state index contributed by atoms with van der Waals surface area (Å²) in [7, 11) is -2.38. The van der Waals surface area contributed by atoms with Crippen LogP contribution < -0.4 is 15.3 Å². The van der Waals surface area contributed by atoms with Crippen LogP contribution >= 0.6 is 7.52 Å². The number of nitrogens with two attached hydrogens (primary N) is 1. The molecule has 0 amide bonds. The average molecular weight is 519 g/mol. The van der Waals surface area contributed by atoms with Gasteiger partial charge in [0.1, 0.15) is 30.0 Å². The van der Waals surface area contributed by atoms with Crippen molar-refractivity contribution in [1.29, 1.82) is 0 Å². The highest BCUT2D eigenvalue weighted by Crippen LogP contribution is 2.44. The van der Waals surface area contributed by atoms with E-state index in [2.05, 4.69) is 26.6 Å². The predicted octanol–water partition coefficient (Wildman–Crippen LogP) is 2.77. The number of nitrogens with zero attached hydrogens (tertiary/aromatic N) is 4. The summed E-state index contributed by atoms with van der Waals surface area (Å²) in [5, 5.41) is 2.78. The van der Waals surface area contributed by atoms with E-state index in [-0.39, 0.29) is 31.4 Å². The van der Waals surface area contributed by atoms with Crippen LogP contribution in [0, 0.1) is 0 Å². The van der Waals surface area contributed by atoms with Gasteiger partial charge < -0.3 is 29.0 Å². The zero-order chi connectivity index (χ0) is 26.1. The zero-order valence-corrected chi connectivity index (χ0v) is 21.3. The number of ether oxygens (including phenoxy) is 3.